The lowest BCUT2D eigenvalue weighted by molar-refractivity contribution is -0.149. The molecule has 7 heteroatoms. The van der Waals surface area contributed by atoms with Crippen LogP contribution in [0.1, 0.15) is 21.5 Å². The number of carbonyl (C=O) groups excluding carboxylic acids is 3. The van der Waals surface area contributed by atoms with Crippen LogP contribution in [0.25, 0.3) is 0 Å². The van der Waals surface area contributed by atoms with Gasteiger partial charge in [-0.05, 0) is 29.8 Å². The van der Waals surface area contributed by atoms with Crippen LogP contribution >= 0.6 is 11.6 Å². The second kappa shape index (κ2) is 7.58. The SMILES string of the molecule is COc1ccc(Cl)cc1COC(=O)CN1C(=O)Cc2ccccc2C1=O. The van der Waals surface area contributed by atoms with Crippen molar-refractivity contribution in [3.05, 3.63) is 64.2 Å². The van der Waals surface area contributed by atoms with E-state index >= 15 is 0 Å². The highest BCUT2D eigenvalue weighted by Crippen LogP contribution is 2.24. The Kier molecular flexibility index (Phi) is 5.23. The number of nitrogens with zero attached hydrogens (tertiary/aromatic N) is 1. The van der Waals surface area contributed by atoms with Crippen LogP contribution < -0.4 is 4.74 Å². The van der Waals surface area contributed by atoms with Gasteiger partial charge in [-0.1, -0.05) is 29.8 Å². The van der Waals surface area contributed by atoms with Crippen molar-refractivity contribution in [1.82, 2.24) is 4.90 Å². The maximum atomic E-state index is 12.4. The molecule has 26 heavy (non-hydrogen) atoms. The molecule has 1 heterocycles. The van der Waals surface area contributed by atoms with Gasteiger partial charge < -0.3 is 9.47 Å². The molecule has 0 unspecified atom stereocenters. The summed E-state index contributed by atoms with van der Waals surface area (Å²) in [7, 11) is 1.50. The zero-order valence-electron chi connectivity index (χ0n) is 14.0. The molecule has 134 valence electrons. The first-order chi connectivity index (χ1) is 12.5. The van der Waals surface area contributed by atoms with Crippen molar-refractivity contribution in [2.24, 2.45) is 0 Å². The Balaban J connectivity index is 1.66. The average Bonchev–Trinajstić information content (AvgIpc) is 2.63. The lowest BCUT2D eigenvalue weighted by atomic mass is 9.98. The van der Waals surface area contributed by atoms with E-state index < -0.39 is 24.3 Å². The molecule has 0 atom stereocenters. The van der Waals surface area contributed by atoms with Gasteiger partial charge in [-0.3, -0.25) is 19.3 Å². The van der Waals surface area contributed by atoms with E-state index in [1.54, 1.807) is 42.5 Å². The molecule has 0 radical (unpaired) electrons. The molecule has 0 N–H and O–H groups in total. The molecule has 0 saturated carbocycles. The van der Waals surface area contributed by atoms with Crippen LogP contribution in [0.5, 0.6) is 5.75 Å². The summed E-state index contributed by atoms with van der Waals surface area (Å²) in [6.45, 7) is -0.510. The molecule has 0 saturated heterocycles. The Hall–Kier alpha value is -2.86. The van der Waals surface area contributed by atoms with E-state index in [0.717, 1.165) is 4.90 Å². The van der Waals surface area contributed by atoms with Gasteiger partial charge in [0, 0.05) is 16.1 Å². The Labute approximate surface area is 155 Å². The third-order valence-corrected chi connectivity index (χ3v) is 4.29. The van der Waals surface area contributed by atoms with Gasteiger partial charge in [0.25, 0.3) is 5.91 Å². The highest BCUT2D eigenvalue weighted by atomic mass is 35.5. The van der Waals surface area contributed by atoms with Crippen molar-refractivity contribution in [2.75, 3.05) is 13.7 Å². The van der Waals surface area contributed by atoms with Crippen molar-refractivity contribution < 1.29 is 23.9 Å². The molecular weight excluding hydrogens is 358 g/mol. The monoisotopic (exact) mass is 373 g/mol. The van der Waals surface area contributed by atoms with Crippen molar-refractivity contribution in [3.63, 3.8) is 0 Å². The standard InChI is InChI=1S/C19H16ClNO5/c1-25-16-7-6-14(20)8-13(16)11-26-18(23)10-21-17(22)9-12-4-2-3-5-15(12)19(21)24/h2-8H,9-11H2,1H3. The summed E-state index contributed by atoms with van der Waals surface area (Å²) in [5.41, 5.74) is 1.68. The highest BCUT2D eigenvalue weighted by molar-refractivity contribution is 6.30. The van der Waals surface area contributed by atoms with Gasteiger partial charge in [-0.15, -0.1) is 0 Å². The molecule has 0 aliphatic carbocycles. The first-order valence-electron chi connectivity index (χ1n) is 7.90. The zero-order chi connectivity index (χ0) is 18.7. The third-order valence-electron chi connectivity index (χ3n) is 4.05. The number of methoxy groups -OCH3 is 1. The number of benzene rings is 2. The summed E-state index contributed by atoms with van der Waals surface area (Å²) in [5.74, 6) is -1.07. The van der Waals surface area contributed by atoms with Crippen LogP contribution in [0.2, 0.25) is 5.02 Å². The smallest absolute Gasteiger partial charge is 0.326 e. The van der Waals surface area contributed by atoms with E-state index in [1.807, 2.05) is 0 Å². The van der Waals surface area contributed by atoms with Crippen LogP contribution in [-0.2, 0) is 27.4 Å². The molecule has 0 aromatic heterocycles. The minimum Gasteiger partial charge on any atom is -0.496 e. The van der Waals surface area contributed by atoms with E-state index in [4.69, 9.17) is 21.1 Å². The van der Waals surface area contributed by atoms with Crippen LogP contribution in [0.15, 0.2) is 42.5 Å². The van der Waals surface area contributed by atoms with Gasteiger partial charge in [0.2, 0.25) is 5.91 Å². The van der Waals surface area contributed by atoms with E-state index in [1.165, 1.54) is 7.11 Å². The molecule has 0 spiro atoms. The quantitative estimate of drug-likeness (QED) is 0.595. The van der Waals surface area contributed by atoms with Crippen LogP contribution in [-0.4, -0.2) is 36.3 Å². The summed E-state index contributed by atoms with van der Waals surface area (Å²) in [6, 6.07) is 11.8. The Morgan fingerprint density at radius 3 is 2.73 bits per heavy atom. The zero-order valence-corrected chi connectivity index (χ0v) is 14.8. The Morgan fingerprint density at radius 2 is 1.96 bits per heavy atom. The number of esters is 1. The van der Waals surface area contributed by atoms with Crippen LogP contribution in [0.3, 0.4) is 0 Å². The van der Waals surface area contributed by atoms with Gasteiger partial charge in [0.15, 0.2) is 0 Å². The fourth-order valence-electron chi connectivity index (χ4n) is 2.75. The van der Waals surface area contributed by atoms with E-state index in [-0.39, 0.29) is 13.0 Å². The van der Waals surface area contributed by atoms with E-state index in [2.05, 4.69) is 0 Å². The highest BCUT2D eigenvalue weighted by Gasteiger charge is 2.32. The van der Waals surface area contributed by atoms with Gasteiger partial charge in [0.05, 0.1) is 13.5 Å². The van der Waals surface area contributed by atoms with E-state index in [0.29, 0.717) is 27.5 Å². The molecule has 2 aromatic carbocycles. The molecule has 1 aliphatic heterocycles. The van der Waals surface area contributed by atoms with Crippen molar-refractivity contribution in [3.8, 4) is 5.75 Å². The second-order valence-corrected chi connectivity index (χ2v) is 6.17. The van der Waals surface area contributed by atoms with Gasteiger partial charge in [-0.2, -0.15) is 0 Å². The summed E-state index contributed by atoms with van der Waals surface area (Å²) in [6.07, 6.45) is 0.0807. The summed E-state index contributed by atoms with van der Waals surface area (Å²) in [4.78, 5) is 37.7. The second-order valence-electron chi connectivity index (χ2n) is 5.74. The summed E-state index contributed by atoms with van der Waals surface area (Å²) >= 11 is 5.94. The van der Waals surface area contributed by atoms with Crippen molar-refractivity contribution in [2.45, 2.75) is 13.0 Å². The van der Waals surface area contributed by atoms with Crippen LogP contribution in [0.4, 0.5) is 0 Å². The van der Waals surface area contributed by atoms with E-state index in [9.17, 15) is 14.4 Å². The molecule has 2 aromatic rings. The Bertz CT molecular complexity index is 880. The topological polar surface area (TPSA) is 72.9 Å². The fraction of sp³-hybridized carbons (Fsp3) is 0.211. The van der Waals surface area contributed by atoms with Gasteiger partial charge in [-0.25, -0.2) is 0 Å². The summed E-state index contributed by atoms with van der Waals surface area (Å²) in [5, 5.41) is 0.481. The number of imide groups is 1. The molecular formula is C19H16ClNO5. The number of ether oxygens (including phenoxy) is 2. The number of halogens is 1. The first-order valence-corrected chi connectivity index (χ1v) is 8.28. The molecule has 3 rings (SSSR count). The minimum atomic E-state index is -0.687. The average molecular weight is 374 g/mol. The van der Waals surface area contributed by atoms with Crippen molar-refractivity contribution in [1.29, 1.82) is 0 Å². The predicted octanol–water partition coefficient (Wildman–Crippen LogP) is 2.62. The van der Waals surface area contributed by atoms with Gasteiger partial charge >= 0.3 is 5.97 Å². The lowest BCUT2D eigenvalue weighted by Gasteiger charge is -2.25. The van der Waals surface area contributed by atoms with Crippen LogP contribution in [0, 0.1) is 0 Å². The third kappa shape index (κ3) is 3.70. The first kappa shape index (κ1) is 17.9. The molecule has 0 bridgehead atoms. The Morgan fingerprint density at radius 1 is 1.19 bits per heavy atom. The molecule has 6 nitrogen and oxygen atoms in total. The number of fused-ring (bicyclic) bond motifs is 1. The molecule has 0 fully saturated rings. The molecule has 2 amide bonds. The normalized spacial score (nSPS) is 13.4. The number of rotatable bonds is 5. The van der Waals surface area contributed by atoms with Gasteiger partial charge in [0.1, 0.15) is 18.9 Å². The maximum absolute atomic E-state index is 12.4. The number of hydrogen-bond donors (Lipinski definition) is 0. The molecule has 1 aliphatic rings. The lowest BCUT2D eigenvalue weighted by Crippen LogP contribution is -2.45. The number of hydrogen-bond acceptors (Lipinski definition) is 5. The van der Waals surface area contributed by atoms with Crippen molar-refractivity contribution >= 4 is 29.4 Å². The largest absolute Gasteiger partial charge is 0.496 e. The number of amides is 2. The number of carbonyl (C=O) groups is 3. The summed E-state index contributed by atoms with van der Waals surface area (Å²) < 4.78 is 10.4. The minimum absolute atomic E-state index is 0.0740. The predicted molar refractivity (Wildman–Crippen MR) is 94.0 cm³/mol. The maximum Gasteiger partial charge on any atom is 0.326 e. The fourth-order valence-corrected chi connectivity index (χ4v) is 2.95.